The van der Waals surface area contributed by atoms with E-state index in [0.29, 0.717) is 13.0 Å². The molecule has 6 heteroatoms. The summed E-state index contributed by atoms with van der Waals surface area (Å²) in [5.41, 5.74) is 4.08. The summed E-state index contributed by atoms with van der Waals surface area (Å²) < 4.78 is 7.59. The van der Waals surface area contributed by atoms with Gasteiger partial charge in [-0.05, 0) is 36.1 Å². The molecule has 1 atom stereocenters. The van der Waals surface area contributed by atoms with Gasteiger partial charge in [0.2, 0.25) is 0 Å². The molecule has 0 unspecified atom stereocenters. The van der Waals surface area contributed by atoms with Crippen molar-refractivity contribution in [3.8, 4) is 16.9 Å². The van der Waals surface area contributed by atoms with Crippen LogP contribution in [0.25, 0.3) is 11.1 Å². The SMILES string of the molecule is Cn1cc(-c2cncc(CNC(=O)[C@@H]3CCc4ccccc4O3)c2)cn1. The lowest BCUT2D eigenvalue weighted by atomic mass is 10.0. The number of benzene rings is 1. The van der Waals surface area contributed by atoms with Crippen LogP contribution in [-0.4, -0.2) is 26.8 Å². The molecule has 26 heavy (non-hydrogen) atoms. The van der Waals surface area contributed by atoms with Gasteiger partial charge in [0.25, 0.3) is 5.91 Å². The zero-order valence-electron chi connectivity index (χ0n) is 14.6. The topological polar surface area (TPSA) is 69.0 Å². The lowest BCUT2D eigenvalue weighted by molar-refractivity contribution is -0.128. The number of aryl methyl sites for hydroxylation is 2. The minimum absolute atomic E-state index is 0.0914. The predicted molar refractivity (Wildman–Crippen MR) is 97.5 cm³/mol. The van der Waals surface area contributed by atoms with Crippen LogP contribution in [0, 0.1) is 0 Å². The molecule has 1 amide bonds. The van der Waals surface area contributed by atoms with E-state index in [1.54, 1.807) is 23.3 Å². The molecular weight excluding hydrogens is 328 g/mol. The van der Waals surface area contributed by atoms with Gasteiger partial charge in [-0.2, -0.15) is 5.10 Å². The molecule has 1 aliphatic rings. The minimum Gasteiger partial charge on any atom is -0.480 e. The van der Waals surface area contributed by atoms with Gasteiger partial charge in [-0.3, -0.25) is 14.5 Å². The number of nitrogens with zero attached hydrogens (tertiary/aromatic N) is 3. The number of ether oxygens (including phenoxy) is 1. The van der Waals surface area contributed by atoms with E-state index in [4.69, 9.17) is 4.74 Å². The fourth-order valence-corrected chi connectivity index (χ4v) is 3.12. The van der Waals surface area contributed by atoms with Crippen molar-refractivity contribution in [3.05, 3.63) is 66.2 Å². The molecule has 0 bridgehead atoms. The van der Waals surface area contributed by atoms with Gasteiger partial charge in [0.1, 0.15) is 5.75 Å². The average Bonchev–Trinajstić information content (AvgIpc) is 3.12. The second-order valence-corrected chi connectivity index (χ2v) is 6.46. The first-order chi connectivity index (χ1) is 12.7. The smallest absolute Gasteiger partial charge is 0.261 e. The van der Waals surface area contributed by atoms with Crippen LogP contribution < -0.4 is 10.1 Å². The van der Waals surface area contributed by atoms with Crippen molar-refractivity contribution in [1.29, 1.82) is 0 Å². The Balaban J connectivity index is 1.39. The number of hydrogen-bond acceptors (Lipinski definition) is 4. The molecule has 1 N–H and O–H groups in total. The Morgan fingerprint density at radius 1 is 1.27 bits per heavy atom. The molecule has 2 aromatic heterocycles. The second-order valence-electron chi connectivity index (χ2n) is 6.46. The van der Waals surface area contributed by atoms with Crippen molar-refractivity contribution >= 4 is 5.91 Å². The number of nitrogens with one attached hydrogen (secondary N) is 1. The number of pyridine rings is 1. The fraction of sp³-hybridized carbons (Fsp3) is 0.250. The minimum atomic E-state index is -0.445. The maximum absolute atomic E-state index is 12.5. The highest BCUT2D eigenvalue weighted by atomic mass is 16.5. The first-order valence-corrected chi connectivity index (χ1v) is 8.64. The van der Waals surface area contributed by atoms with Gasteiger partial charge in [0.05, 0.1) is 6.20 Å². The summed E-state index contributed by atoms with van der Waals surface area (Å²) in [6.45, 7) is 0.418. The monoisotopic (exact) mass is 348 g/mol. The number of amides is 1. The van der Waals surface area contributed by atoms with Gasteiger partial charge < -0.3 is 10.1 Å². The van der Waals surface area contributed by atoms with Crippen molar-refractivity contribution in [2.24, 2.45) is 7.05 Å². The molecule has 1 aromatic carbocycles. The third kappa shape index (κ3) is 3.44. The molecule has 0 spiro atoms. The second kappa shape index (κ2) is 7.00. The van der Waals surface area contributed by atoms with Crippen LogP contribution in [0.4, 0.5) is 0 Å². The summed E-state index contributed by atoms with van der Waals surface area (Å²) in [6, 6.07) is 9.88. The number of rotatable bonds is 4. The van der Waals surface area contributed by atoms with Gasteiger partial charge in [0.15, 0.2) is 6.10 Å². The summed E-state index contributed by atoms with van der Waals surface area (Å²) in [5, 5.41) is 7.14. The first kappa shape index (κ1) is 16.3. The van der Waals surface area contributed by atoms with E-state index >= 15 is 0 Å². The molecule has 3 heterocycles. The molecule has 0 saturated carbocycles. The molecule has 132 valence electrons. The standard InChI is InChI=1S/C20H20N4O2/c1-24-13-17(12-23-24)16-8-14(9-21-11-16)10-22-20(25)19-7-6-15-4-2-3-5-18(15)26-19/h2-5,8-9,11-13,19H,6-7,10H2,1H3,(H,22,25)/t19-/m0/s1. The van der Waals surface area contributed by atoms with Crippen molar-refractivity contribution < 1.29 is 9.53 Å². The van der Waals surface area contributed by atoms with Gasteiger partial charge in [-0.25, -0.2) is 0 Å². The van der Waals surface area contributed by atoms with E-state index < -0.39 is 6.10 Å². The third-order valence-corrected chi connectivity index (χ3v) is 4.51. The molecule has 0 saturated heterocycles. The number of aromatic nitrogens is 3. The maximum Gasteiger partial charge on any atom is 0.261 e. The molecule has 6 nitrogen and oxygen atoms in total. The molecule has 1 aliphatic heterocycles. The number of para-hydroxylation sites is 1. The molecule has 0 radical (unpaired) electrons. The van der Waals surface area contributed by atoms with Crippen molar-refractivity contribution in [1.82, 2.24) is 20.1 Å². The predicted octanol–water partition coefficient (Wildman–Crippen LogP) is 2.49. The normalized spacial score (nSPS) is 15.8. The van der Waals surface area contributed by atoms with Gasteiger partial charge in [0, 0.05) is 43.3 Å². The maximum atomic E-state index is 12.5. The Kier molecular flexibility index (Phi) is 4.39. The highest BCUT2D eigenvalue weighted by molar-refractivity contribution is 5.81. The van der Waals surface area contributed by atoms with Crippen LogP contribution in [0.2, 0.25) is 0 Å². The van der Waals surface area contributed by atoms with E-state index in [9.17, 15) is 4.79 Å². The summed E-state index contributed by atoms with van der Waals surface area (Å²) in [6.07, 6.45) is 8.39. The number of carbonyl (C=O) groups is 1. The molecule has 0 aliphatic carbocycles. The number of carbonyl (C=O) groups excluding carboxylic acids is 1. The third-order valence-electron chi connectivity index (χ3n) is 4.51. The van der Waals surface area contributed by atoms with Crippen molar-refractivity contribution in [2.45, 2.75) is 25.5 Å². The summed E-state index contributed by atoms with van der Waals surface area (Å²) in [7, 11) is 1.88. The molecular formula is C20H20N4O2. The number of hydrogen-bond donors (Lipinski definition) is 1. The van der Waals surface area contributed by atoms with E-state index in [0.717, 1.165) is 34.4 Å². The van der Waals surface area contributed by atoms with Crippen LogP contribution in [-0.2, 0) is 24.8 Å². The average molecular weight is 348 g/mol. The fourth-order valence-electron chi connectivity index (χ4n) is 3.12. The summed E-state index contributed by atoms with van der Waals surface area (Å²) >= 11 is 0. The Morgan fingerprint density at radius 2 is 2.15 bits per heavy atom. The zero-order valence-corrected chi connectivity index (χ0v) is 14.6. The Labute approximate surface area is 151 Å². The largest absolute Gasteiger partial charge is 0.480 e. The van der Waals surface area contributed by atoms with E-state index in [1.807, 2.05) is 43.6 Å². The van der Waals surface area contributed by atoms with Gasteiger partial charge >= 0.3 is 0 Å². The van der Waals surface area contributed by atoms with E-state index in [-0.39, 0.29) is 5.91 Å². The summed E-state index contributed by atoms with van der Waals surface area (Å²) in [4.78, 5) is 16.7. The summed E-state index contributed by atoms with van der Waals surface area (Å²) in [5.74, 6) is 0.713. The Hall–Kier alpha value is -3.15. The molecule has 4 rings (SSSR count). The van der Waals surface area contributed by atoms with E-state index in [1.165, 1.54) is 0 Å². The molecule has 3 aromatic rings. The molecule has 0 fully saturated rings. The van der Waals surface area contributed by atoms with E-state index in [2.05, 4.69) is 15.4 Å². The van der Waals surface area contributed by atoms with Crippen LogP contribution in [0.3, 0.4) is 0 Å². The van der Waals surface area contributed by atoms with Gasteiger partial charge in [-0.1, -0.05) is 18.2 Å². The van der Waals surface area contributed by atoms with Crippen LogP contribution >= 0.6 is 0 Å². The van der Waals surface area contributed by atoms with Gasteiger partial charge in [-0.15, -0.1) is 0 Å². The first-order valence-electron chi connectivity index (χ1n) is 8.64. The lowest BCUT2D eigenvalue weighted by Crippen LogP contribution is -2.40. The highest BCUT2D eigenvalue weighted by Gasteiger charge is 2.25. The van der Waals surface area contributed by atoms with Crippen LogP contribution in [0.1, 0.15) is 17.5 Å². The highest BCUT2D eigenvalue weighted by Crippen LogP contribution is 2.27. The lowest BCUT2D eigenvalue weighted by Gasteiger charge is -2.25. The Morgan fingerprint density at radius 3 is 3.00 bits per heavy atom. The van der Waals surface area contributed by atoms with Crippen molar-refractivity contribution in [2.75, 3.05) is 0 Å². The number of fused-ring (bicyclic) bond motifs is 1. The van der Waals surface area contributed by atoms with Crippen molar-refractivity contribution in [3.63, 3.8) is 0 Å². The zero-order chi connectivity index (χ0) is 17.9. The Bertz CT molecular complexity index is 935. The van der Waals surface area contributed by atoms with Crippen LogP contribution in [0.15, 0.2) is 55.1 Å². The van der Waals surface area contributed by atoms with Crippen LogP contribution in [0.5, 0.6) is 5.75 Å². The quantitative estimate of drug-likeness (QED) is 0.786.